The molecule has 0 saturated heterocycles. The van der Waals surface area contributed by atoms with E-state index < -0.39 is 5.91 Å². The van der Waals surface area contributed by atoms with Gasteiger partial charge in [0.25, 0.3) is 5.91 Å². The Balaban J connectivity index is 1.64. The van der Waals surface area contributed by atoms with Gasteiger partial charge in [-0.15, -0.1) is 0 Å². The van der Waals surface area contributed by atoms with Crippen molar-refractivity contribution in [1.82, 2.24) is 9.78 Å². The average molecular weight is 423 g/mol. The Kier molecular flexibility index (Phi) is 5.25. The van der Waals surface area contributed by atoms with E-state index in [4.69, 9.17) is 16.3 Å². The third-order valence-electron chi connectivity index (χ3n) is 3.27. The Hall–Kier alpha value is -2.51. The SMILES string of the molecule is O=C(Nc1ccccc1O)c1ccn(COc2ccc(Cl)cc2Br)n1. The maximum absolute atomic E-state index is 12.2. The fourth-order valence-corrected chi connectivity index (χ4v) is 2.85. The van der Waals surface area contributed by atoms with Gasteiger partial charge in [-0.25, -0.2) is 4.68 Å². The number of anilines is 1. The standard InChI is InChI=1S/C17H13BrClN3O3/c18-12-9-11(19)5-6-16(12)25-10-22-8-7-14(21-22)17(24)20-13-3-1-2-4-15(13)23/h1-9,23H,10H2,(H,20,24). The van der Waals surface area contributed by atoms with Gasteiger partial charge in [-0.3, -0.25) is 4.79 Å². The second kappa shape index (κ2) is 7.58. The van der Waals surface area contributed by atoms with Crippen LogP contribution in [0, 0.1) is 0 Å². The van der Waals surface area contributed by atoms with Crippen LogP contribution in [0.25, 0.3) is 0 Å². The first kappa shape index (κ1) is 17.3. The maximum atomic E-state index is 12.2. The predicted molar refractivity (Wildman–Crippen MR) is 98.1 cm³/mol. The molecule has 2 N–H and O–H groups in total. The molecular weight excluding hydrogens is 410 g/mol. The molecule has 0 saturated carbocycles. The van der Waals surface area contributed by atoms with Crippen molar-refractivity contribution in [2.75, 3.05) is 5.32 Å². The number of halogens is 2. The normalized spacial score (nSPS) is 10.5. The van der Waals surface area contributed by atoms with Crippen LogP contribution >= 0.6 is 27.5 Å². The molecule has 0 atom stereocenters. The number of carbonyl (C=O) groups excluding carboxylic acids is 1. The number of benzene rings is 2. The maximum Gasteiger partial charge on any atom is 0.276 e. The molecule has 0 bridgehead atoms. The minimum Gasteiger partial charge on any atom is -0.506 e. The molecule has 3 rings (SSSR count). The van der Waals surface area contributed by atoms with Gasteiger partial charge in [0.15, 0.2) is 12.4 Å². The van der Waals surface area contributed by atoms with Crippen LogP contribution in [-0.2, 0) is 6.73 Å². The van der Waals surface area contributed by atoms with Crippen molar-refractivity contribution < 1.29 is 14.6 Å². The van der Waals surface area contributed by atoms with Crippen LogP contribution in [0.4, 0.5) is 5.69 Å². The Morgan fingerprint density at radius 1 is 1.28 bits per heavy atom. The smallest absolute Gasteiger partial charge is 0.276 e. The number of nitrogens with zero attached hydrogens (tertiary/aromatic N) is 2. The third kappa shape index (κ3) is 4.32. The molecule has 0 aliphatic carbocycles. The van der Waals surface area contributed by atoms with E-state index in [0.717, 1.165) is 4.47 Å². The molecule has 0 spiro atoms. The first-order valence-corrected chi connectivity index (χ1v) is 8.40. The van der Waals surface area contributed by atoms with Gasteiger partial charge in [0.2, 0.25) is 0 Å². The monoisotopic (exact) mass is 421 g/mol. The van der Waals surface area contributed by atoms with Crippen molar-refractivity contribution in [3.05, 3.63) is 69.9 Å². The highest BCUT2D eigenvalue weighted by molar-refractivity contribution is 9.10. The van der Waals surface area contributed by atoms with E-state index in [-0.39, 0.29) is 18.2 Å². The number of amides is 1. The number of para-hydroxylation sites is 2. The van der Waals surface area contributed by atoms with Crippen LogP contribution in [0.5, 0.6) is 11.5 Å². The molecule has 0 fully saturated rings. The Morgan fingerprint density at radius 2 is 2.08 bits per heavy atom. The lowest BCUT2D eigenvalue weighted by Gasteiger charge is -2.08. The van der Waals surface area contributed by atoms with Gasteiger partial charge in [0.05, 0.1) is 10.2 Å². The minimum atomic E-state index is -0.423. The summed E-state index contributed by atoms with van der Waals surface area (Å²) in [5, 5.41) is 17.0. The molecule has 1 heterocycles. The molecule has 3 aromatic rings. The van der Waals surface area contributed by atoms with E-state index in [1.54, 1.807) is 48.7 Å². The molecule has 2 aromatic carbocycles. The average Bonchev–Trinajstić information content (AvgIpc) is 3.05. The van der Waals surface area contributed by atoms with E-state index in [9.17, 15) is 9.90 Å². The zero-order chi connectivity index (χ0) is 17.8. The number of ether oxygens (including phenoxy) is 1. The second-order valence-electron chi connectivity index (χ2n) is 5.06. The summed E-state index contributed by atoms with van der Waals surface area (Å²) in [7, 11) is 0. The number of rotatable bonds is 5. The van der Waals surface area contributed by atoms with Crippen molar-refractivity contribution in [1.29, 1.82) is 0 Å². The molecule has 25 heavy (non-hydrogen) atoms. The number of aromatic hydroxyl groups is 1. The molecule has 0 aliphatic heterocycles. The largest absolute Gasteiger partial charge is 0.506 e. The Bertz CT molecular complexity index is 914. The molecule has 8 heteroatoms. The summed E-state index contributed by atoms with van der Waals surface area (Å²) >= 11 is 9.25. The lowest BCUT2D eigenvalue weighted by molar-refractivity contribution is 0.102. The number of hydrogen-bond acceptors (Lipinski definition) is 4. The summed E-state index contributed by atoms with van der Waals surface area (Å²) in [4.78, 5) is 12.2. The fourth-order valence-electron chi connectivity index (χ4n) is 2.05. The van der Waals surface area contributed by atoms with Crippen molar-refractivity contribution in [2.45, 2.75) is 6.73 Å². The van der Waals surface area contributed by atoms with Crippen LogP contribution in [0.3, 0.4) is 0 Å². The lowest BCUT2D eigenvalue weighted by Crippen LogP contribution is -2.14. The fraction of sp³-hybridized carbons (Fsp3) is 0.0588. The molecule has 1 aromatic heterocycles. The van der Waals surface area contributed by atoms with E-state index >= 15 is 0 Å². The summed E-state index contributed by atoms with van der Waals surface area (Å²) in [6.07, 6.45) is 1.63. The summed E-state index contributed by atoms with van der Waals surface area (Å²) in [5.41, 5.74) is 0.533. The highest BCUT2D eigenvalue weighted by Gasteiger charge is 2.12. The summed E-state index contributed by atoms with van der Waals surface area (Å²) in [6, 6.07) is 13.2. The summed E-state index contributed by atoms with van der Waals surface area (Å²) in [5.74, 6) is 0.180. The van der Waals surface area contributed by atoms with Crippen molar-refractivity contribution in [3.8, 4) is 11.5 Å². The van der Waals surface area contributed by atoms with Crippen LogP contribution < -0.4 is 10.1 Å². The Morgan fingerprint density at radius 3 is 2.84 bits per heavy atom. The van der Waals surface area contributed by atoms with Crippen molar-refractivity contribution in [3.63, 3.8) is 0 Å². The highest BCUT2D eigenvalue weighted by Crippen LogP contribution is 2.28. The molecule has 1 amide bonds. The topological polar surface area (TPSA) is 76.4 Å². The number of nitrogens with one attached hydrogen (secondary N) is 1. The third-order valence-corrected chi connectivity index (χ3v) is 4.13. The van der Waals surface area contributed by atoms with Crippen molar-refractivity contribution >= 4 is 39.1 Å². The Labute approximate surface area is 157 Å². The molecule has 6 nitrogen and oxygen atoms in total. The van der Waals surface area contributed by atoms with Gasteiger partial charge in [-0.1, -0.05) is 23.7 Å². The van der Waals surface area contributed by atoms with Crippen LogP contribution in [0.2, 0.25) is 5.02 Å². The molecule has 128 valence electrons. The number of aromatic nitrogens is 2. The molecule has 0 unspecified atom stereocenters. The zero-order valence-electron chi connectivity index (χ0n) is 12.8. The molecule has 0 radical (unpaired) electrons. The van der Waals surface area contributed by atoms with Gasteiger partial charge in [-0.05, 0) is 52.3 Å². The quantitative estimate of drug-likeness (QED) is 0.601. The van der Waals surface area contributed by atoms with Crippen molar-refractivity contribution in [2.24, 2.45) is 0 Å². The van der Waals surface area contributed by atoms with E-state index in [1.165, 1.54) is 10.7 Å². The zero-order valence-corrected chi connectivity index (χ0v) is 15.2. The van der Waals surface area contributed by atoms with Crippen LogP contribution in [-0.4, -0.2) is 20.8 Å². The van der Waals surface area contributed by atoms with Gasteiger partial charge in [0.1, 0.15) is 11.5 Å². The number of hydrogen-bond donors (Lipinski definition) is 2. The van der Waals surface area contributed by atoms with E-state index in [1.807, 2.05) is 0 Å². The van der Waals surface area contributed by atoms with E-state index in [2.05, 4.69) is 26.3 Å². The van der Waals surface area contributed by atoms with E-state index in [0.29, 0.717) is 16.5 Å². The molecular formula is C17H13BrClN3O3. The van der Waals surface area contributed by atoms with Gasteiger partial charge in [-0.2, -0.15) is 5.10 Å². The number of carbonyl (C=O) groups is 1. The van der Waals surface area contributed by atoms with Gasteiger partial charge < -0.3 is 15.2 Å². The number of phenols is 1. The van der Waals surface area contributed by atoms with Gasteiger partial charge in [0, 0.05) is 11.2 Å². The molecule has 0 aliphatic rings. The summed E-state index contributed by atoms with van der Waals surface area (Å²) in [6.45, 7) is 0.129. The van der Waals surface area contributed by atoms with Crippen LogP contribution in [0.1, 0.15) is 10.5 Å². The minimum absolute atomic E-state index is 0.00814. The first-order valence-electron chi connectivity index (χ1n) is 7.23. The van der Waals surface area contributed by atoms with Gasteiger partial charge >= 0.3 is 0 Å². The first-order chi connectivity index (χ1) is 12.0. The highest BCUT2D eigenvalue weighted by atomic mass is 79.9. The summed E-state index contributed by atoms with van der Waals surface area (Å²) < 4.78 is 7.85. The number of phenolic OH excluding ortho intramolecular Hbond substituents is 1. The second-order valence-corrected chi connectivity index (χ2v) is 6.35. The van der Waals surface area contributed by atoms with Crippen LogP contribution in [0.15, 0.2) is 59.2 Å². The lowest BCUT2D eigenvalue weighted by atomic mass is 10.3. The predicted octanol–water partition coefficient (Wildman–Crippen LogP) is 4.29.